The van der Waals surface area contributed by atoms with Gasteiger partial charge in [-0.2, -0.15) is 23.1 Å². The van der Waals surface area contributed by atoms with E-state index in [1.165, 1.54) is 18.2 Å². The number of carboxylic acid groups (broad SMARTS) is 1. The van der Waals surface area contributed by atoms with Gasteiger partial charge in [0, 0.05) is 31.3 Å². The monoisotopic (exact) mass is 557 g/mol. The summed E-state index contributed by atoms with van der Waals surface area (Å²) in [5, 5.41) is 22.0. The number of piperidine rings is 1. The van der Waals surface area contributed by atoms with Crippen molar-refractivity contribution in [2.75, 3.05) is 30.3 Å². The Balaban J connectivity index is 1.33. The number of aliphatic hydroxyl groups excluding tert-OH is 1. The molecule has 1 aromatic heterocycles. The quantitative estimate of drug-likeness (QED) is 0.341. The normalized spacial score (nSPS) is 19.5. The van der Waals surface area contributed by atoms with E-state index in [0.717, 1.165) is 5.56 Å². The molecule has 0 bridgehead atoms. The zero-order valence-corrected chi connectivity index (χ0v) is 21.6. The summed E-state index contributed by atoms with van der Waals surface area (Å²) in [6, 6.07) is 13.7. The third-order valence-electron chi connectivity index (χ3n) is 7.76. The molecule has 5 N–H and O–H groups in total. The van der Waals surface area contributed by atoms with Gasteiger partial charge in [0.2, 0.25) is 17.9 Å². The predicted octanol–water partition coefficient (Wildman–Crippen LogP) is 3.93. The summed E-state index contributed by atoms with van der Waals surface area (Å²) < 4.78 is 47.9. The van der Waals surface area contributed by atoms with Gasteiger partial charge in [-0.3, -0.25) is 4.79 Å². The average Bonchev–Trinajstić information content (AvgIpc) is 3.35. The first kappa shape index (κ1) is 27.7. The van der Waals surface area contributed by atoms with Crippen LogP contribution in [0.15, 0.2) is 54.6 Å². The number of hydrogen-bond donors (Lipinski definition) is 4. The number of aliphatic hydroxyl groups is 1. The van der Waals surface area contributed by atoms with Crippen LogP contribution in [0, 0.1) is 5.41 Å². The van der Waals surface area contributed by atoms with Crippen LogP contribution in [0.5, 0.6) is 5.88 Å². The Morgan fingerprint density at radius 1 is 1.15 bits per heavy atom. The highest BCUT2D eigenvalue weighted by atomic mass is 19.4. The second-order valence-corrected chi connectivity index (χ2v) is 10.4. The summed E-state index contributed by atoms with van der Waals surface area (Å²) in [6.07, 6.45) is -5.08. The summed E-state index contributed by atoms with van der Waals surface area (Å²) in [4.78, 5) is 21.4. The molecule has 2 aliphatic rings. The van der Waals surface area contributed by atoms with Crippen molar-refractivity contribution in [1.82, 2.24) is 15.3 Å². The number of benzene rings is 2. The number of aliphatic carboxylic acids is 1. The lowest BCUT2D eigenvalue weighted by Gasteiger charge is -2.39. The zero-order chi connectivity index (χ0) is 28.5. The first-order valence-electron chi connectivity index (χ1n) is 13.0. The Morgan fingerprint density at radius 2 is 1.85 bits per heavy atom. The summed E-state index contributed by atoms with van der Waals surface area (Å²) in [6.45, 7) is 1.50. The second kappa shape index (κ2) is 10.9. The van der Waals surface area contributed by atoms with Crippen LogP contribution in [0.4, 0.5) is 24.9 Å². The van der Waals surface area contributed by atoms with Gasteiger partial charge >= 0.3 is 12.1 Å². The van der Waals surface area contributed by atoms with Crippen LogP contribution in [-0.2, 0) is 11.4 Å². The summed E-state index contributed by atoms with van der Waals surface area (Å²) in [5.74, 6) is -1.02. The molecule has 2 aromatic carbocycles. The molecule has 9 nitrogen and oxygen atoms in total. The lowest BCUT2D eigenvalue weighted by Crippen LogP contribution is -2.41. The summed E-state index contributed by atoms with van der Waals surface area (Å²) in [5.41, 5.74) is 7.67. The Bertz CT molecular complexity index is 1360. The fourth-order valence-electron chi connectivity index (χ4n) is 5.56. The molecule has 2 atom stereocenters. The minimum absolute atomic E-state index is 0.113. The molecule has 5 rings (SSSR count). The highest BCUT2D eigenvalue weighted by Crippen LogP contribution is 2.41. The maximum Gasteiger partial charge on any atom is 0.429 e. The third kappa shape index (κ3) is 5.82. The molecular formula is C28H30F3N5O4. The maximum atomic E-state index is 14.2. The smallest absolute Gasteiger partial charge is 0.429 e. The molecule has 0 radical (unpaired) electrons. The maximum absolute atomic E-state index is 14.2. The number of ether oxygens (including phenoxy) is 1. The zero-order valence-electron chi connectivity index (χ0n) is 21.6. The van der Waals surface area contributed by atoms with Crippen LogP contribution in [-0.4, -0.2) is 58.0 Å². The number of anilines is 2. The molecular weight excluding hydrogens is 527 g/mol. The van der Waals surface area contributed by atoms with Crippen LogP contribution in [0.3, 0.4) is 0 Å². The van der Waals surface area contributed by atoms with Crippen molar-refractivity contribution in [2.24, 2.45) is 5.41 Å². The van der Waals surface area contributed by atoms with E-state index in [4.69, 9.17) is 10.5 Å². The molecule has 12 heteroatoms. The van der Waals surface area contributed by atoms with E-state index in [1.807, 2.05) is 4.90 Å². The number of rotatable bonds is 7. The standard InChI is InChI=1S/C28H30F3N5O4/c29-28(30,31)24(18-7-5-17(6-8-18)20-4-2-1-3-19(20)15-37)40-23-13-22(34-26(32)35-23)36-11-9-27(10-12-36)14-21(25(38)39)33-16-27/h1-8,13,21,24,33,37H,9-12,14-16H2,(H,38,39)(H2,32,34,35)/t21-,24+/m0/s1. The molecule has 3 aromatic rings. The average molecular weight is 558 g/mol. The van der Waals surface area contributed by atoms with Crippen LogP contribution in [0.2, 0.25) is 0 Å². The number of nitrogens with zero attached hydrogens (tertiary/aromatic N) is 3. The molecule has 212 valence electrons. The van der Waals surface area contributed by atoms with Crippen molar-refractivity contribution in [3.05, 3.63) is 65.7 Å². The SMILES string of the molecule is Nc1nc(O[C@H](c2ccc(-c3ccccc3CO)cc2)C(F)(F)F)cc(N2CCC3(CC2)CN[C@H](C(=O)O)C3)n1. The van der Waals surface area contributed by atoms with E-state index in [-0.39, 0.29) is 29.4 Å². The van der Waals surface area contributed by atoms with Crippen molar-refractivity contribution >= 4 is 17.7 Å². The van der Waals surface area contributed by atoms with E-state index in [0.29, 0.717) is 55.8 Å². The first-order chi connectivity index (χ1) is 19.1. The molecule has 0 aliphatic carbocycles. The molecule has 0 amide bonds. The van der Waals surface area contributed by atoms with Gasteiger partial charge in [-0.25, -0.2) is 0 Å². The highest BCUT2D eigenvalue weighted by molar-refractivity contribution is 5.74. The predicted molar refractivity (Wildman–Crippen MR) is 142 cm³/mol. The van der Waals surface area contributed by atoms with Crippen LogP contribution in [0.1, 0.15) is 36.5 Å². The van der Waals surface area contributed by atoms with Crippen molar-refractivity contribution in [3.63, 3.8) is 0 Å². The van der Waals surface area contributed by atoms with Crippen LogP contribution < -0.4 is 20.7 Å². The summed E-state index contributed by atoms with van der Waals surface area (Å²) in [7, 11) is 0. The lowest BCUT2D eigenvalue weighted by molar-refractivity contribution is -0.198. The van der Waals surface area contributed by atoms with Gasteiger partial charge in [-0.05, 0) is 41.4 Å². The molecule has 2 aliphatic heterocycles. The molecule has 0 unspecified atom stereocenters. The number of halogens is 3. The third-order valence-corrected chi connectivity index (χ3v) is 7.76. The Morgan fingerprint density at radius 3 is 2.48 bits per heavy atom. The number of carbonyl (C=O) groups is 1. The number of hydrogen-bond acceptors (Lipinski definition) is 8. The van der Waals surface area contributed by atoms with E-state index in [1.54, 1.807) is 36.4 Å². The van der Waals surface area contributed by atoms with Crippen molar-refractivity contribution in [3.8, 4) is 17.0 Å². The molecule has 3 heterocycles. The van der Waals surface area contributed by atoms with Gasteiger partial charge in [0.05, 0.1) is 6.61 Å². The van der Waals surface area contributed by atoms with Crippen molar-refractivity contribution in [2.45, 2.75) is 44.2 Å². The largest absolute Gasteiger partial charge is 0.480 e. The minimum atomic E-state index is -4.74. The number of nitrogen functional groups attached to an aromatic ring is 1. The van der Waals surface area contributed by atoms with Gasteiger partial charge < -0.3 is 30.9 Å². The van der Waals surface area contributed by atoms with E-state index < -0.39 is 24.3 Å². The van der Waals surface area contributed by atoms with Gasteiger partial charge in [0.15, 0.2) is 0 Å². The summed E-state index contributed by atoms with van der Waals surface area (Å²) >= 11 is 0. The topological polar surface area (TPSA) is 134 Å². The fourth-order valence-corrected chi connectivity index (χ4v) is 5.56. The van der Waals surface area contributed by atoms with Gasteiger partial charge in [0.1, 0.15) is 11.9 Å². The Hall–Kier alpha value is -3.90. The number of nitrogens with two attached hydrogens (primary N) is 1. The van der Waals surface area contributed by atoms with Crippen LogP contribution in [0.25, 0.3) is 11.1 Å². The number of alkyl halides is 3. The second-order valence-electron chi connectivity index (χ2n) is 10.4. The number of aromatic nitrogens is 2. The van der Waals surface area contributed by atoms with E-state index in [2.05, 4.69) is 15.3 Å². The molecule has 2 saturated heterocycles. The van der Waals surface area contributed by atoms with E-state index in [9.17, 15) is 28.2 Å². The highest BCUT2D eigenvalue weighted by Gasteiger charge is 2.45. The van der Waals surface area contributed by atoms with E-state index >= 15 is 0 Å². The molecule has 0 saturated carbocycles. The minimum Gasteiger partial charge on any atom is -0.480 e. The van der Waals surface area contributed by atoms with Gasteiger partial charge in [-0.15, -0.1) is 0 Å². The molecule has 1 spiro atoms. The molecule has 2 fully saturated rings. The van der Waals surface area contributed by atoms with Gasteiger partial charge in [-0.1, -0.05) is 48.5 Å². The number of nitrogens with one attached hydrogen (secondary N) is 1. The van der Waals surface area contributed by atoms with Crippen molar-refractivity contribution in [1.29, 1.82) is 0 Å². The Kier molecular flexibility index (Phi) is 7.56. The van der Waals surface area contributed by atoms with Gasteiger partial charge in [0.25, 0.3) is 0 Å². The Labute approximate surface area is 228 Å². The van der Waals surface area contributed by atoms with Crippen LogP contribution >= 0.6 is 0 Å². The first-order valence-corrected chi connectivity index (χ1v) is 13.0. The lowest BCUT2D eigenvalue weighted by atomic mass is 9.76. The number of carboxylic acids is 1. The fraction of sp³-hybridized carbons (Fsp3) is 0.393. The van der Waals surface area contributed by atoms with Crippen molar-refractivity contribution < 1.29 is 32.9 Å². The molecule has 40 heavy (non-hydrogen) atoms.